The Morgan fingerprint density at radius 1 is 1.23 bits per heavy atom. The van der Waals surface area contributed by atoms with Gasteiger partial charge in [0, 0.05) is 11.9 Å². The monoisotopic (exact) mass is 313 g/mol. The first-order valence-corrected chi connectivity index (χ1v) is 7.71. The lowest BCUT2D eigenvalue weighted by molar-refractivity contribution is -0.132. The third-order valence-electron chi connectivity index (χ3n) is 3.24. The fourth-order valence-electron chi connectivity index (χ4n) is 2.06. The van der Waals surface area contributed by atoms with E-state index >= 15 is 0 Å². The second-order valence-corrected chi connectivity index (χ2v) is 5.85. The lowest BCUT2D eigenvalue weighted by Crippen LogP contribution is -2.30. The first-order chi connectivity index (χ1) is 10.7. The average Bonchev–Trinajstić information content (AvgIpc) is 3.05. The summed E-state index contributed by atoms with van der Waals surface area (Å²) in [5.41, 5.74) is 0.798. The normalized spacial score (nSPS) is 10.6. The second kappa shape index (κ2) is 6.53. The Bertz CT molecular complexity index is 769. The van der Waals surface area contributed by atoms with Crippen LogP contribution in [0.1, 0.15) is 4.88 Å². The Morgan fingerprint density at radius 2 is 2.09 bits per heavy atom. The number of hydrogen-bond acceptors (Lipinski definition) is 5. The number of nitrogens with zero attached hydrogens (tertiary/aromatic N) is 3. The van der Waals surface area contributed by atoms with Gasteiger partial charge in [-0.1, -0.05) is 18.2 Å². The van der Waals surface area contributed by atoms with Crippen LogP contribution in [0.15, 0.2) is 48.1 Å². The molecule has 112 valence electrons. The number of carbonyl (C=O) groups is 1. The molecule has 0 aliphatic rings. The van der Waals surface area contributed by atoms with Gasteiger partial charge in [-0.25, -0.2) is 9.97 Å². The van der Waals surface area contributed by atoms with Gasteiger partial charge < -0.3 is 9.64 Å². The molecule has 1 amide bonds. The molecule has 5 nitrogen and oxygen atoms in total. The molecule has 0 N–H and O–H groups in total. The zero-order valence-corrected chi connectivity index (χ0v) is 12.9. The summed E-state index contributed by atoms with van der Waals surface area (Å²) in [6.45, 7) is 0.549. The Hall–Kier alpha value is -2.47. The fraction of sp³-hybridized carbons (Fsp3) is 0.188. The van der Waals surface area contributed by atoms with Crippen LogP contribution in [0, 0.1) is 0 Å². The molecular weight excluding hydrogens is 298 g/mol. The van der Waals surface area contributed by atoms with E-state index in [1.165, 1.54) is 6.33 Å². The number of benzene rings is 1. The van der Waals surface area contributed by atoms with Gasteiger partial charge in [-0.05, 0) is 23.6 Å². The van der Waals surface area contributed by atoms with E-state index < -0.39 is 0 Å². The Morgan fingerprint density at radius 3 is 2.91 bits per heavy atom. The van der Waals surface area contributed by atoms with E-state index in [2.05, 4.69) is 9.97 Å². The maximum absolute atomic E-state index is 12.1. The molecular formula is C16H15N3O2S. The van der Waals surface area contributed by atoms with Crippen molar-refractivity contribution in [2.45, 2.75) is 6.54 Å². The molecule has 0 atom stereocenters. The summed E-state index contributed by atoms with van der Waals surface area (Å²) in [5, 5.41) is 2.80. The molecule has 3 rings (SSSR count). The zero-order chi connectivity index (χ0) is 15.4. The molecule has 0 saturated heterocycles. The van der Waals surface area contributed by atoms with E-state index in [-0.39, 0.29) is 12.5 Å². The number of thiophene rings is 1. The molecule has 6 heteroatoms. The van der Waals surface area contributed by atoms with Crippen molar-refractivity contribution < 1.29 is 9.53 Å². The van der Waals surface area contributed by atoms with Gasteiger partial charge in [0.05, 0.1) is 17.4 Å². The lowest BCUT2D eigenvalue weighted by atomic mass is 10.2. The molecule has 1 aromatic carbocycles. The van der Waals surface area contributed by atoms with Crippen LogP contribution in [-0.2, 0) is 11.3 Å². The first-order valence-electron chi connectivity index (χ1n) is 6.83. The number of ether oxygens (including phenoxy) is 1. The van der Waals surface area contributed by atoms with Gasteiger partial charge in [-0.2, -0.15) is 0 Å². The molecule has 0 aliphatic heterocycles. The van der Waals surface area contributed by atoms with E-state index in [9.17, 15) is 4.79 Å². The van der Waals surface area contributed by atoms with Crippen LogP contribution in [-0.4, -0.2) is 34.4 Å². The Kier molecular flexibility index (Phi) is 4.29. The molecule has 2 aromatic heterocycles. The highest BCUT2D eigenvalue weighted by molar-refractivity contribution is 7.09. The highest BCUT2D eigenvalue weighted by Gasteiger charge is 2.12. The molecule has 0 radical (unpaired) electrons. The molecule has 0 saturated carbocycles. The van der Waals surface area contributed by atoms with Gasteiger partial charge in [0.2, 0.25) is 5.88 Å². The molecule has 22 heavy (non-hydrogen) atoms. The van der Waals surface area contributed by atoms with Gasteiger partial charge in [0.1, 0.15) is 6.33 Å². The van der Waals surface area contributed by atoms with Crippen LogP contribution < -0.4 is 4.74 Å². The summed E-state index contributed by atoms with van der Waals surface area (Å²) in [4.78, 5) is 23.2. The highest BCUT2D eigenvalue weighted by atomic mass is 32.1. The summed E-state index contributed by atoms with van der Waals surface area (Å²) in [5.74, 6) is 0.347. The Labute approximate surface area is 132 Å². The van der Waals surface area contributed by atoms with Crippen molar-refractivity contribution >= 4 is 28.1 Å². The van der Waals surface area contributed by atoms with Crippen molar-refractivity contribution in [3.63, 3.8) is 0 Å². The number of carbonyl (C=O) groups excluding carboxylic acids is 1. The van der Waals surface area contributed by atoms with Crippen LogP contribution in [0.2, 0.25) is 0 Å². The van der Waals surface area contributed by atoms with Crippen molar-refractivity contribution in [2.24, 2.45) is 0 Å². The third kappa shape index (κ3) is 3.23. The number of hydrogen-bond donors (Lipinski definition) is 0. The minimum Gasteiger partial charge on any atom is -0.467 e. The maximum atomic E-state index is 12.1. The summed E-state index contributed by atoms with van der Waals surface area (Å²) >= 11 is 1.63. The van der Waals surface area contributed by atoms with Gasteiger partial charge in [0.25, 0.3) is 5.91 Å². The molecule has 0 bridgehead atoms. The largest absolute Gasteiger partial charge is 0.467 e. The van der Waals surface area contributed by atoms with Crippen molar-refractivity contribution in [3.8, 4) is 5.88 Å². The molecule has 0 spiro atoms. The van der Waals surface area contributed by atoms with E-state index in [1.54, 1.807) is 23.3 Å². The fourth-order valence-corrected chi connectivity index (χ4v) is 2.82. The van der Waals surface area contributed by atoms with Crippen LogP contribution in [0.4, 0.5) is 0 Å². The molecule has 0 fully saturated rings. The van der Waals surface area contributed by atoms with Crippen LogP contribution in [0.25, 0.3) is 10.9 Å². The molecule has 0 aliphatic carbocycles. The van der Waals surface area contributed by atoms with Gasteiger partial charge in [-0.15, -0.1) is 11.3 Å². The molecule has 2 heterocycles. The molecule has 3 aromatic rings. The first kappa shape index (κ1) is 14.5. The number of likely N-dealkylation sites (N-methyl/N-ethyl adjacent to an activating group) is 1. The zero-order valence-electron chi connectivity index (χ0n) is 12.1. The summed E-state index contributed by atoms with van der Waals surface area (Å²) < 4.78 is 5.58. The summed E-state index contributed by atoms with van der Waals surface area (Å²) in [6, 6.07) is 11.5. The Balaban J connectivity index is 1.65. The minimum atomic E-state index is -0.0870. The number of fused-ring (bicyclic) bond motifs is 1. The van der Waals surface area contributed by atoms with Crippen molar-refractivity contribution in [3.05, 3.63) is 53.0 Å². The number of para-hydroxylation sites is 1. The van der Waals surface area contributed by atoms with E-state index in [0.717, 1.165) is 15.8 Å². The van der Waals surface area contributed by atoms with Gasteiger partial charge in [0.15, 0.2) is 6.61 Å². The predicted molar refractivity (Wildman–Crippen MR) is 85.8 cm³/mol. The van der Waals surface area contributed by atoms with E-state index in [1.807, 2.05) is 41.8 Å². The van der Waals surface area contributed by atoms with E-state index in [4.69, 9.17) is 4.74 Å². The lowest BCUT2D eigenvalue weighted by Gasteiger charge is -2.16. The van der Waals surface area contributed by atoms with Crippen LogP contribution in [0.3, 0.4) is 0 Å². The smallest absolute Gasteiger partial charge is 0.260 e. The number of aromatic nitrogens is 2. The van der Waals surface area contributed by atoms with Crippen LogP contribution >= 0.6 is 11.3 Å². The summed E-state index contributed by atoms with van der Waals surface area (Å²) in [6.07, 6.45) is 1.44. The SMILES string of the molecule is CN(Cc1cccs1)C(=O)COc1ncnc2ccccc12. The predicted octanol–water partition coefficient (Wildman–Crippen LogP) is 2.73. The standard InChI is InChI=1S/C16H15N3O2S/c1-19(9-12-5-4-8-22-12)15(20)10-21-16-13-6-2-3-7-14(13)17-11-18-16/h2-8,11H,9-10H2,1H3. The quantitative estimate of drug-likeness (QED) is 0.727. The highest BCUT2D eigenvalue weighted by Crippen LogP contribution is 2.20. The maximum Gasteiger partial charge on any atom is 0.260 e. The number of rotatable bonds is 5. The summed E-state index contributed by atoms with van der Waals surface area (Å²) in [7, 11) is 1.77. The second-order valence-electron chi connectivity index (χ2n) is 4.81. The average molecular weight is 313 g/mol. The number of amides is 1. The minimum absolute atomic E-state index is 0.0388. The topological polar surface area (TPSA) is 55.3 Å². The van der Waals surface area contributed by atoms with Crippen molar-refractivity contribution in [2.75, 3.05) is 13.7 Å². The van der Waals surface area contributed by atoms with Gasteiger partial charge in [-0.3, -0.25) is 4.79 Å². The van der Waals surface area contributed by atoms with Crippen molar-refractivity contribution in [1.82, 2.24) is 14.9 Å². The van der Waals surface area contributed by atoms with Crippen molar-refractivity contribution in [1.29, 1.82) is 0 Å². The van der Waals surface area contributed by atoms with Crippen LogP contribution in [0.5, 0.6) is 5.88 Å². The van der Waals surface area contributed by atoms with E-state index in [0.29, 0.717) is 12.4 Å². The molecule has 0 unspecified atom stereocenters. The van der Waals surface area contributed by atoms with Gasteiger partial charge >= 0.3 is 0 Å². The third-order valence-corrected chi connectivity index (χ3v) is 4.10.